The number of aromatic nitrogens is 1. The number of benzene rings is 3. The van der Waals surface area contributed by atoms with Crippen molar-refractivity contribution in [2.45, 2.75) is 0 Å². The first-order chi connectivity index (χ1) is 14.2. The molecule has 0 saturated carbocycles. The first-order valence-electron chi connectivity index (χ1n) is 9.05. The van der Waals surface area contributed by atoms with Crippen molar-refractivity contribution in [2.24, 2.45) is 0 Å². The highest BCUT2D eigenvalue weighted by molar-refractivity contribution is 6.13. The van der Waals surface area contributed by atoms with Crippen LogP contribution in [-0.2, 0) is 0 Å². The van der Waals surface area contributed by atoms with Gasteiger partial charge in [-0.25, -0.2) is 9.37 Å². The summed E-state index contributed by atoms with van der Waals surface area (Å²) in [6, 6.07) is 20.6. The summed E-state index contributed by atoms with van der Waals surface area (Å²) in [4.78, 5) is 17.7. The molecule has 0 aliphatic carbocycles. The Morgan fingerprint density at radius 2 is 1.72 bits per heavy atom. The summed E-state index contributed by atoms with van der Waals surface area (Å²) in [5.74, 6) is 0.410. The van der Waals surface area contributed by atoms with Crippen molar-refractivity contribution in [3.63, 3.8) is 0 Å². The molecule has 3 aromatic carbocycles. The average molecular weight is 386 g/mol. The molecule has 0 spiro atoms. The minimum atomic E-state index is -0.491. The van der Waals surface area contributed by atoms with Gasteiger partial charge in [0.2, 0.25) is 6.79 Å². The number of pyridine rings is 1. The number of hydrogen-bond donors (Lipinski definition) is 1. The van der Waals surface area contributed by atoms with Gasteiger partial charge in [-0.2, -0.15) is 0 Å². The third-order valence-corrected chi connectivity index (χ3v) is 4.75. The van der Waals surface area contributed by atoms with Gasteiger partial charge in [-0.1, -0.05) is 30.3 Å². The summed E-state index contributed by atoms with van der Waals surface area (Å²) >= 11 is 0. The molecule has 142 valence electrons. The highest BCUT2D eigenvalue weighted by atomic mass is 19.1. The van der Waals surface area contributed by atoms with Crippen molar-refractivity contribution in [2.75, 3.05) is 12.1 Å². The standard InChI is InChI=1S/C23H15FN2O3/c24-17-6-2-4-8-19(17)26-23(27)16-12-20(25-18-7-3-1-5-15(16)18)14-9-10-21-22(11-14)29-13-28-21/h1-12H,13H2,(H,26,27). The van der Waals surface area contributed by atoms with E-state index in [-0.39, 0.29) is 12.5 Å². The third kappa shape index (κ3) is 3.14. The van der Waals surface area contributed by atoms with Crippen molar-refractivity contribution < 1.29 is 18.7 Å². The molecule has 1 N–H and O–H groups in total. The van der Waals surface area contributed by atoms with Gasteiger partial charge in [0.25, 0.3) is 5.91 Å². The monoisotopic (exact) mass is 386 g/mol. The number of para-hydroxylation sites is 2. The summed E-state index contributed by atoms with van der Waals surface area (Å²) in [7, 11) is 0. The van der Waals surface area contributed by atoms with Crippen molar-refractivity contribution in [3.8, 4) is 22.8 Å². The molecule has 1 aliphatic rings. The summed E-state index contributed by atoms with van der Waals surface area (Å²) in [6.45, 7) is 0.181. The molecule has 0 atom stereocenters. The molecule has 29 heavy (non-hydrogen) atoms. The fourth-order valence-corrected chi connectivity index (χ4v) is 3.32. The predicted octanol–water partition coefficient (Wildman–Crippen LogP) is 5.02. The van der Waals surface area contributed by atoms with Gasteiger partial charge in [0.05, 0.1) is 22.5 Å². The number of anilines is 1. The zero-order valence-corrected chi connectivity index (χ0v) is 15.2. The Morgan fingerprint density at radius 3 is 2.62 bits per heavy atom. The van der Waals surface area contributed by atoms with Crippen LogP contribution in [0, 0.1) is 5.82 Å². The van der Waals surface area contributed by atoms with Crippen molar-refractivity contribution in [3.05, 3.63) is 84.2 Å². The number of fused-ring (bicyclic) bond motifs is 2. The molecule has 6 heteroatoms. The topological polar surface area (TPSA) is 60.5 Å². The molecule has 2 heterocycles. The van der Waals surface area contributed by atoms with Crippen LogP contribution in [0.5, 0.6) is 11.5 Å². The molecule has 0 unspecified atom stereocenters. The van der Waals surface area contributed by atoms with E-state index in [9.17, 15) is 9.18 Å². The zero-order chi connectivity index (χ0) is 19.8. The lowest BCUT2D eigenvalue weighted by atomic mass is 10.0. The van der Waals surface area contributed by atoms with Crippen molar-refractivity contribution in [1.29, 1.82) is 0 Å². The first-order valence-corrected chi connectivity index (χ1v) is 9.05. The Labute approximate surface area is 165 Å². The third-order valence-electron chi connectivity index (χ3n) is 4.75. The van der Waals surface area contributed by atoms with Crippen LogP contribution in [0.4, 0.5) is 10.1 Å². The molecule has 1 aliphatic heterocycles. The molecule has 0 saturated heterocycles. The average Bonchev–Trinajstić information content (AvgIpc) is 3.22. The van der Waals surface area contributed by atoms with Gasteiger partial charge in [0.1, 0.15) is 5.82 Å². The molecule has 1 amide bonds. The van der Waals surface area contributed by atoms with E-state index in [1.54, 1.807) is 18.2 Å². The largest absolute Gasteiger partial charge is 0.454 e. The maximum Gasteiger partial charge on any atom is 0.256 e. The van der Waals surface area contributed by atoms with Crippen LogP contribution >= 0.6 is 0 Å². The minimum absolute atomic E-state index is 0.128. The normalized spacial score (nSPS) is 12.2. The zero-order valence-electron chi connectivity index (χ0n) is 15.2. The molecule has 4 aromatic rings. The fourth-order valence-electron chi connectivity index (χ4n) is 3.32. The van der Waals surface area contributed by atoms with Gasteiger partial charge in [0, 0.05) is 10.9 Å². The Morgan fingerprint density at radius 1 is 0.931 bits per heavy atom. The highest BCUT2D eigenvalue weighted by Gasteiger charge is 2.18. The van der Waals surface area contributed by atoms with E-state index in [0.29, 0.717) is 33.7 Å². The Hall–Kier alpha value is -3.93. The molecule has 0 radical (unpaired) electrons. The number of nitrogens with one attached hydrogen (secondary N) is 1. The Bertz CT molecular complexity index is 1260. The van der Waals surface area contributed by atoms with Crippen LogP contribution in [0.15, 0.2) is 72.8 Å². The molecular weight excluding hydrogens is 371 g/mol. The van der Waals surface area contributed by atoms with Crippen molar-refractivity contribution >= 4 is 22.5 Å². The Balaban J connectivity index is 1.61. The van der Waals surface area contributed by atoms with Crippen LogP contribution in [0.3, 0.4) is 0 Å². The number of nitrogens with zero attached hydrogens (tertiary/aromatic N) is 1. The van der Waals surface area contributed by atoms with Gasteiger partial charge in [0.15, 0.2) is 11.5 Å². The predicted molar refractivity (Wildman–Crippen MR) is 108 cm³/mol. The lowest BCUT2D eigenvalue weighted by Gasteiger charge is -2.11. The molecule has 5 rings (SSSR count). The SMILES string of the molecule is O=C(Nc1ccccc1F)c1cc(-c2ccc3c(c2)OCO3)nc2ccccc12. The summed E-state index contributed by atoms with van der Waals surface area (Å²) in [6.07, 6.45) is 0. The molecule has 1 aromatic heterocycles. The second-order valence-corrected chi connectivity index (χ2v) is 6.57. The number of hydrogen-bond acceptors (Lipinski definition) is 4. The lowest BCUT2D eigenvalue weighted by molar-refractivity contribution is 0.102. The number of halogens is 1. The lowest BCUT2D eigenvalue weighted by Crippen LogP contribution is -2.14. The van der Waals surface area contributed by atoms with Gasteiger partial charge in [-0.3, -0.25) is 4.79 Å². The summed E-state index contributed by atoms with van der Waals surface area (Å²) < 4.78 is 24.8. The Kier molecular flexibility index (Phi) is 4.09. The van der Waals surface area contributed by atoms with E-state index in [0.717, 1.165) is 5.56 Å². The maximum absolute atomic E-state index is 14.0. The van der Waals surface area contributed by atoms with Crippen LogP contribution < -0.4 is 14.8 Å². The van der Waals surface area contributed by atoms with E-state index in [2.05, 4.69) is 10.3 Å². The highest BCUT2D eigenvalue weighted by Crippen LogP contribution is 2.36. The quantitative estimate of drug-likeness (QED) is 0.537. The van der Waals surface area contributed by atoms with E-state index < -0.39 is 11.7 Å². The molecule has 0 fully saturated rings. The number of amides is 1. The van der Waals surface area contributed by atoms with Gasteiger partial charge in [-0.05, 0) is 42.5 Å². The second-order valence-electron chi connectivity index (χ2n) is 6.57. The van der Waals surface area contributed by atoms with E-state index >= 15 is 0 Å². The summed E-state index contributed by atoms with van der Waals surface area (Å²) in [5.41, 5.74) is 2.61. The fraction of sp³-hybridized carbons (Fsp3) is 0.0435. The number of rotatable bonds is 3. The maximum atomic E-state index is 14.0. The van der Waals surface area contributed by atoms with Crippen LogP contribution in [0.25, 0.3) is 22.2 Å². The molecular formula is C23H15FN2O3. The van der Waals surface area contributed by atoms with Gasteiger partial charge >= 0.3 is 0 Å². The van der Waals surface area contributed by atoms with Crippen LogP contribution in [0.1, 0.15) is 10.4 Å². The van der Waals surface area contributed by atoms with E-state index in [1.807, 2.05) is 42.5 Å². The van der Waals surface area contributed by atoms with Crippen LogP contribution in [-0.4, -0.2) is 17.7 Å². The van der Waals surface area contributed by atoms with E-state index in [1.165, 1.54) is 12.1 Å². The summed E-state index contributed by atoms with van der Waals surface area (Å²) in [5, 5.41) is 3.34. The first kappa shape index (κ1) is 17.2. The molecule has 5 nitrogen and oxygen atoms in total. The van der Waals surface area contributed by atoms with Gasteiger partial charge < -0.3 is 14.8 Å². The second kappa shape index (κ2) is 6.91. The smallest absolute Gasteiger partial charge is 0.256 e. The van der Waals surface area contributed by atoms with Crippen LogP contribution in [0.2, 0.25) is 0 Å². The van der Waals surface area contributed by atoms with E-state index in [4.69, 9.17) is 9.47 Å². The number of carbonyl (C=O) groups is 1. The van der Waals surface area contributed by atoms with Gasteiger partial charge in [-0.15, -0.1) is 0 Å². The minimum Gasteiger partial charge on any atom is -0.454 e. The number of ether oxygens (including phenoxy) is 2. The number of carbonyl (C=O) groups excluding carboxylic acids is 1. The molecule has 0 bridgehead atoms. The van der Waals surface area contributed by atoms with Crippen molar-refractivity contribution in [1.82, 2.24) is 4.98 Å².